The van der Waals surface area contributed by atoms with Gasteiger partial charge in [0.05, 0.1) is 11.4 Å². The molecule has 3 N–H and O–H groups in total. The molecule has 3 nitrogen and oxygen atoms in total. The van der Waals surface area contributed by atoms with Gasteiger partial charge in [-0.2, -0.15) is 0 Å². The maximum absolute atomic E-state index is 12.9. The molecule has 2 rings (SSSR count). The molecule has 2 aromatic rings. The Balaban J connectivity index is 2.23. The molecule has 0 spiro atoms. The molecule has 0 bridgehead atoms. The second kappa shape index (κ2) is 5.28. The minimum atomic E-state index is -0.450. The molecule has 1 amide bonds. The third kappa shape index (κ3) is 3.03. The van der Waals surface area contributed by atoms with Gasteiger partial charge in [-0.1, -0.05) is 17.7 Å². The van der Waals surface area contributed by atoms with E-state index in [1.165, 1.54) is 12.1 Å². The fourth-order valence-electron chi connectivity index (χ4n) is 1.58. The first-order valence-electron chi connectivity index (χ1n) is 5.60. The van der Waals surface area contributed by atoms with Crippen LogP contribution in [0.25, 0.3) is 0 Å². The number of nitrogens with one attached hydrogen (secondary N) is 1. The number of aryl methyl sites for hydroxylation is 1. The number of rotatable bonds is 2. The molecule has 19 heavy (non-hydrogen) atoms. The minimum Gasteiger partial charge on any atom is -0.397 e. The molecule has 0 saturated carbocycles. The van der Waals surface area contributed by atoms with Gasteiger partial charge in [0.15, 0.2) is 0 Å². The third-order valence-electron chi connectivity index (χ3n) is 2.70. The van der Waals surface area contributed by atoms with Gasteiger partial charge in [0.1, 0.15) is 5.82 Å². The van der Waals surface area contributed by atoms with E-state index in [-0.39, 0.29) is 11.6 Å². The summed E-state index contributed by atoms with van der Waals surface area (Å²) in [4.78, 5) is 12.0. The zero-order valence-corrected chi connectivity index (χ0v) is 11.0. The van der Waals surface area contributed by atoms with E-state index < -0.39 is 5.82 Å². The highest BCUT2D eigenvalue weighted by molar-refractivity contribution is 6.31. The van der Waals surface area contributed by atoms with Crippen LogP contribution < -0.4 is 11.1 Å². The van der Waals surface area contributed by atoms with Gasteiger partial charge >= 0.3 is 0 Å². The summed E-state index contributed by atoms with van der Waals surface area (Å²) >= 11 is 5.96. The summed E-state index contributed by atoms with van der Waals surface area (Å²) < 4.78 is 12.9. The molecule has 0 atom stereocenters. The number of nitrogens with two attached hydrogens (primary N) is 1. The zero-order valence-electron chi connectivity index (χ0n) is 10.2. The summed E-state index contributed by atoms with van der Waals surface area (Å²) in [7, 11) is 0. The van der Waals surface area contributed by atoms with Crippen molar-refractivity contribution in [2.24, 2.45) is 0 Å². The predicted octanol–water partition coefficient (Wildman–Crippen LogP) is 3.62. The van der Waals surface area contributed by atoms with Crippen LogP contribution in [-0.4, -0.2) is 5.91 Å². The van der Waals surface area contributed by atoms with Crippen LogP contribution >= 0.6 is 11.6 Å². The van der Waals surface area contributed by atoms with E-state index >= 15 is 0 Å². The van der Waals surface area contributed by atoms with Gasteiger partial charge in [-0.05, 0) is 42.8 Å². The number of benzene rings is 2. The lowest BCUT2D eigenvalue weighted by molar-refractivity contribution is 0.102. The Morgan fingerprint density at radius 1 is 1.26 bits per heavy atom. The first-order valence-corrected chi connectivity index (χ1v) is 5.97. The Bertz CT molecular complexity index is 643. The summed E-state index contributed by atoms with van der Waals surface area (Å²) in [5.41, 5.74) is 7.46. The Hall–Kier alpha value is -2.07. The van der Waals surface area contributed by atoms with Gasteiger partial charge in [-0.3, -0.25) is 4.79 Å². The molecule has 0 unspecified atom stereocenters. The van der Waals surface area contributed by atoms with Gasteiger partial charge in [0.2, 0.25) is 0 Å². The van der Waals surface area contributed by atoms with Gasteiger partial charge < -0.3 is 11.1 Å². The van der Waals surface area contributed by atoms with Crippen molar-refractivity contribution < 1.29 is 9.18 Å². The molecular formula is C14H12ClFN2O. The van der Waals surface area contributed by atoms with Crippen molar-refractivity contribution in [2.45, 2.75) is 6.92 Å². The van der Waals surface area contributed by atoms with Crippen molar-refractivity contribution >= 4 is 28.9 Å². The summed E-state index contributed by atoms with van der Waals surface area (Å²) in [6.07, 6.45) is 0. The lowest BCUT2D eigenvalue weighted by Gasteiger charge is -2.09. The number of hydrogen-bond donors (Lipinski definition) is 2. The normalized spacial score (nSPS) is 10.3. The number of amides is 1. The Morgan fingerprint density at radius 2 is 2.00 bits per heavy atom. The Morgan fingerprint density at radius 3 is 2.63 bits per heavy atom. The molecule has 2 aromatic carbocycles. The number of nitrogen functional groups attached to an aromatic ring is 1. The molecule has 0 aromatic heterocycles. The number of halogens is 2. The highest BCUT2D eigenvalue weighted by Gasteiger charge is 2.09. The van der Waals surface area contributed by atoms with Crippen LogP contribution in [0.3, 0.4) is 0 Å². The summed E-state index contributed by atoms with van der Waals surface area (Å²) in [5.74, 6) is -0.797. The molecular weight excluding hydrogens is 267 g/mol. The van der Waals surface area contributed by atoms with E-state index in [1.54, 1.807) is 18.2 Å². The standard InChI is InChI=1S/C14H12ClFN2O/c1-8-2-3-9(6-11(8)15)14(19)18-13-5-4-10(16)7-12(13)17/h2-7H,17H2,1H3,(H,18,19). The largest absolute Gasteiger partial charge is 0.397 e. The van der Waals surface area contributed by atoms with E-state index in [0.29, 0.717) is 16.3 Å². The molecule has 0 heterocycles. The number of anilines is 2. The van der Waals surface area contributed by atoms with Crippen molar-refractivity contribution in [1.82, 2.24) is 0 Å². The summed E-state index contributed by atoms with van der Waals surface area (Å²) in [6, 6.07) is 8.79. The highest BCUT2D eigenvalue weighted by atomic mass is 35.5. The van der Waals surface area contributed by atoms with Gasteiger partial charge in [0, 0.05) is 10.6 Å². The van der Waals surface area contributed by atoms with Crippen molar-refractivity contribution in [3.05, 3.63) is 58.4 Å². The van der Waals surface area contributed by atoms with E-state index in [1.807, 2.05) is 6.92 Å². The Kier molecular flexibility index (Phi) is 3.71. The fourth-order valence-corrected chi connectivity index (χ4v) is 1.76. The first kappa shape index (κ1) is 13.4. The maximum atomic E-state index is 12.9. The number of hydrogen-bond acceptors (Lipinski definition) is 2. The number of carbonyl (C=O) groups is 1. The Labute approximate surface area is 115 Å². The lowest BCUT2D eigenvalue weighted by atomic mass is 10.1. The average molecular weight is 279 g/mol. The first-order chi connectivity index (χ1) is 8.97. The zero-order chi connectivity index (χ0) is 14.0. The van der Waals surface area contributed by atoms with E-state index in [2.05, 4.69) is 5.32 Å². The molecule has 0 aliphatic carbocycles. The van der Waals surface area contributed by atoms with Gasteiger partial charge in [-0.25, -0.2) is 4.39 Å². The summed E-state index contributed by atoms with van der Waals surface area (Å²) in [5, 5.41) is 3.12. The molecule has 98 valence electrons. The van der Waals surface area contributed by atoms with E-state index in [4.69, 9.17) is 17.3 Å². The van der Waals surface area contributed by atoms with Gasteiger partial charge in [-0.15, -0.1) is 0 Å². The maximum Gasteiger partial charge on any atom is 0.255 e. The molecule has 0 saturated heterocycles. The van der Waals surface area contributed by atoms with Crippen molar-refractivity contribution in [3.8, 4) is 0 Å². The molecule has 5 heteroatoms. The molecule has 0 aliphatic rings. The summed E-state index contributed by atoms with van der Waals surface area (Å²) in [6.45, 7) is 1.85. The topological polar surface area (TPSA) is 55.1 Å². The predicted molar refractivity (Wildman–Crippen MR) is 75.0 cm³/mol. The van der Waals surface area contributed by atoms with Crippen molar-refractivity contribution in [2.75, 3.05) is 11.1 Å². The van der Waals surface area contributed by atoms with Gasteiger partial charge in [0.25, 0.3) is 5.91 Å². The minimum absolute atomic E-state index is 0.173. The molecule has 0 radical (unpaired) electrons. The van der Waals surface area contributed by atoms with Crippen LogP contribution in [0.1, 0.15) is 15.9 Å². The SMILES string of the molecule is Cc1ccc(C(=O)Nc2ccc(F)cc2N)cc1Cl. The van der Waals surface area contributed by atoms with Crippen LogP contribution in [0.5, 0.6) is 0 Å². The van der Waals surface area contributed by atoms with Crippen LogP contribution in [0.15, 0.2) is 36.4 Å². The van der Waals surface area contributed by atoms with Crippen LogP contribution in [-0.2, 0) is 0 Å². The van der Waals surface area contributed by atoms with E-state index in [0.717, 1.165) is 11.6 Å². The fraction of sp³-hybridized carbons (Fsp3) is 0.0714. The molecule has 0 aliphatic heterocycles. The second-order valence-corrected chi connectivity index (χ2v) is 4.56. The second-order valence-electron chi connectivity index (χ2n) is 4.15. The van der Waals surface area contributed by atoms with Crippen LogP contribution in [0.2, 0.25) is 5.02 Å². The quantitative estimate of drug-likeness (QED) is 0.824. The highest BCUT2D eigenvalue weighted by Crippen LogP contribution is 2.21. The smallest absolute Gasteiger partial charge is 0.255 e. The molecule has 0 fully saturated rings. The average Bonchev–Trinajstić information content (AvgIpc) is 2.36. The van der Waals surface area contributed by atoms with Crippen LogP contribution in [0.4, 0.5) is 15.8 Å². The van der Waals surface area contributed by atoms with Crippen LogP contribution in [0, 0.1) is 12.7 Å². The monoisotopic (exact) mass is 278 g/mol. The number of carbonyl (C=O) groups excluding carboxylic acids is 1. The lowest BCUT2D eigenvalue weighted by Crippen LogP contribution is -2.13. The van der Waals surface area contributed by atoms with Crippen molar-refractivity contribution in [3.63, 3.8) is 0 Å². The van der Waals surface area contributed by atoms with Crippen molar-refractivity contribution in [1.29, 1.82) is 0 Å². The third-order valence-corrected chi connectivity index (χ3v) is 3.10. The van der Waals surface area contributed by atoms with E-state index in [9.17, 15) is 9.18 Å².